The highest BCUT2D eigenvalue weighted by Gasteiger charge is 2.43. The van der Waals surface area contributed by atoms with Crippen LogP contribution in [0.2, 0.25) is 10.0 Å². The van der Waals surface area contributed by atoms with Gasteiger partial charge in [0.05, 0.1) is 10.0 Å². The molecule has 2 heterocycles. The maximum atomic E-state index is 13.9. The van der Waals surface area contributed by atoms with Crippen molar-refractivity contribution >= 4 is 34.7 Å². The fourth-order valence-electron chi connectivity index (χ4n) is 4.62. The van der Waals surface area contributed by atoms with Crippen LogP contribution in [0.25, 0.3) is 0 Å². The molecule has 31 heavy (non-hydrogen) atoms. The number of benzene rings is 2. The molecule has 0 amide bonds. The Kier molecular flexibility index (Phi) is 6.29. The molecule has 1 N–H and O–H groups in total. The van der Waals surface area contributed by atoms with Crippen LogP contribution < -0.4 is 5.32 Å². The molecule has 2 aliphatic rings. The van der Waals surface area contributed by atoms with E-state index < -0.39 is 5.60 Å². The van der Waals surface area contributed by atoms with Crippen LogP contribution in [0.1, 0.15) is 43.2 Å². The fourth-order valence-corrected chi connectivity index (χ4v) is 4.93. The van der Waals surface area contributed by atoms with Gasteiger partial charge in [0.2, 0.25) is 0 Å². The summed E-state index contributed by atoms with van der Waals surface area (Å²) >= 11 is 12.2. The van der Waals surface area contributed by atoms with Crippen molar-refractivity contribution in [2.75, 3.05) is 25.0 Å². The first-order valence-electron chi connectivity index (χ1n) is 10.4. The molecule has 1 saturated heterocycles. The Hall–Kier alpha value is -2.08. The summed E-state index contributed by atoms with van der Waals surface area (Å²) < 4.78 is 20.1. The Balaban J connectivity index is 1.43. The Bertz CT molecular complexity index is 1020. The summed E-state index contributed by atoms with van der Waals surface area (Å²) in [5.41, 5.74) is 2.01. The van der Waals surface area contributed by atoms with E-state index in [0.717, 1.165) is 49.3 Å². The van der Waals surface area contributed by atoms with Crippen molar-refractivity contribution < 1.29 is 13.9 Å². The average molecular weight is 463 g/mol. The number of ether oxygens (including phenoxy) is 1. The number of piperidine rings is 1. The van der Waals surface area contributed by atoms with Gasteiger partial charge in [0.1, 0.15) is 17.2 Å². The molecule has 1 atom stereocenters. The van der Waals surface area contributed by atoms with Gasteiger partial charge in [0.25, 0.3) is 0 Å². The first-order valence-corrected chi connectivity index (χ1v) is 11.2. The maximum Gasteiger partial charge on any atom is 0.184 e. The number of carbonyl (C=O) groups is 1. The highest BCUT2D eigenvalue weighted by molar-refractivity contribution is 6.42. The minimum absolute atomic E-state index is 0.106. The van der Waals surface area contributed by atoms with E-state index in [-0.39, 0.29) is 17.5 Å². The first kappa shape index (κ1) is 22.1. The summed E-state index contributed by atoms with van der Waals surface area (Å²) in [6, 6.07) is 10.1. The standard InChI is InChI=1S/C24H25Cl2FN2O2/c1-15(30)19(17-3-5-21(25)22(26)13-17)7-10-29-11-8-24(9-12-29)20-14-18(27)4-6-23(20)28-16(2)31-24/h3-6,13-14,19,28H,2,7-12H2,1H3. The predicted octanol–water partition coefficient (Wildman–Crippen LogP) is 6.10. The van der Waals surface area contributed by atoms with Gasteiger partial charge in [-0.1, -0.05) is 29.3 Å². The number of carbonyl (C=O) groups excluding carboxylic acids is 1. The van der Waals surface area contributed by atoms with Crippen molar-refractivity contribution in [2.45, 2.75) is 37.7 Å². The second kappa shape index (κ2) is 8.81. The van der Waals surface area contributed by atoms with Crippen LogP contribution in [0.15, 0.2) is 48.9 Å². The van der Waals surface area contributed by atoms with Crippen molar-refractivity contribution in [2.24, 2.45) is 0 Å². The van der Waals surface area contributed by atoms with E-state index in [1.165, 1.54) is 6.07 Å². The van der Waals surface area contributed by atoms with E-state index in [4.69, 9.17) is 27.9 Å². The topological polar surface area (TPSA) is 41.6 Å². The number of likely N-dealkylation sites (tertiary alicyclic amines) is 1. The number of nitrogens with one attached hydrogen (secondary N) is 1. The van der Waals surface area contributed by atoms with Crippen molar-refractivity contribution in [3.05, 3.63) is 75.8 Å². The minimum atomic E-state index is -0.569. The molecule has 164 valence electrons. The zero-order valence-electron chi connectivity index (χ0n) is 17.4. The van der Waals surface area contributed by atoms with Gasteiger partial charge < -0.3 is 15.0 Å². The van der Waals surface area contributed by atoms with Crippen LogP contribution in [0.4, 0.5) is 10.1 Å². The molecule has 0 radical (unpaired) electrons. The number of hydrogen-bond donors (Lipinski definition) is 1. The first-order chi connectivity index (χ1) is 14.8. The smallest absolute Gasteiger partial charge is 0.184 e. The van der Waals surface area contributed by atoms with Crippen molar-refractivity contribution in [1.29, 1.82) is 0 Å². The monoisotopic (exact) mass is 462 g/mol. The lowest BCUT2D eigenvalue weighted by Gasteiger charge is -2.46. The molecule has 4 rings (SSSR count). The number of fused-ring (bicyclic) bond motifs is 2. The van der Waals surface area contributed by atoms with Crippen LogP contribution in [0.5, 0.6) is 0 Å². The number of Topliss-reactive ketones (excluding diaryl/α,β-unsaturated/α-hetero) is 1. The Morgan fingerprint density at radius 2 is 1.97 bits per heavy atom. The van der Waals surface area contributed by atoms with Crippen LogP contribution in [0, 0.1) is 5.82 Å². The SMILES string of the molecule is C=C1Nc2ccc(F)cc2C2(CCN(CCC(C(C)=O)c3ccc(Cl)c(Cl)c3)CC2)O1. The number of ketones is 1. The zero-order valence-corrected chi connectivity index (χ0v) is 18.9. The van der Waals surface area contributed by atoms with Crippen LogP contribution in [0.3, 0.4) is 0 Å². The van der Waals surface area contributed by atoms with Crippen LogP contribution in [-0.2, 0) is 15.1 Å². The quantitative estimate of drug-likeness (QED) is 0.582. The molecule has 0 bridgehead atoms. The largest absolute Gasteiger partial charge is 0.468 e. The summed E-state index contributed by atoms with van der Waals surface area (Å²) in [4.78, 5) is 14.6. The van der Waals surface area contributed by atoms with Crippen LogP contribution >= 0.6 is 23.2 Å². The van der Waals surface area contributed by atoms with Gasteiger partial charge >= 0.3 is 0 Å². The fraction of sp³-hybridized carbons (Fsp3) is 0.375. The molecule has 0 saturated carbocycles. The lowest BCUT2D eigenvalue weighted by atomic mass is 9.82. The van der Waals surface area contributed by atoms with Gasteiger partial charge in [-0.15, -0.1) is 0 Å². The zero-order chi connectivity index (χ0) is 22.2. The number of rotatable bonds is 5. The normalized spacial score (nSPS) is 18.8. The van der Waals surface area contributed by atoms with Gasteiger partial charge in [0.15, 0.2) is 5.88 Å². The second-order valence-electron chi connectivity index (χ2n) is 8.30. The Morgan fingerprint density at radius 3 is 2.65 bits per heavy atom. The van der Waals surface area contributed by atoms with Crippen molar-refractivity contribution in [3.8, 4) is 0 Å². The number of nitrogens with zero attached hydrogens (tertiary/aromatic N) is 1. The molecule has 0 aliphatic carbocycles. The predicted molar refractivity (Wildman–Crippen MR) is 122 cm³/mol. The molecule has 1 unspecified atom stereocenters. The van der Waals surface area contributed by atoms with E-state index in [1.54, 1.807) is 31.2 Å². The molecule has 0 aromatic heterocycles. The number of anilines is 1. The molecular formula is C24H25Cl2FN2O2. The third kappa shape index (κ3) is 4.59. The van der Waals surface area contributed by atoms with Crippen molar-refractivity contribution in [1.82, 2.24) is 4.90 Å². The van der Waals surface area contributed by atoms with Crippen molar-refractivity contribution in [3.63, 3.8) is 0 Å². The minimum Gasteiger partial charge on any atom is -0.468 e. The van der Waals surface area contributed by atoms with Gasteiger partial charge in [-0.05, 0) is 62.4 Å². The molecule has 7 heteroatoms. The second-order valence-corrected chi connectivity index (χ2v) is 9.12. The summed E-state index contributed by atoms with van der Waals surface area (Å²) in [6.07, 6.45) is 2.14. The van der Waals surface area contributed by atoms with E-state index in [1.807, 2.05) is 6.07 Å². The van der Waals surface area contributed by atoms with E-state index in [9.17, 15) is 9.18 Å². The lowest BCUT2D eigenvalue weighted by molar-refractivity contribution is -0.118. The van der Waals surface area contributed by atoms with E-state index >= 15 is 0 Å². The Morgan fingerprint density at radius 1 is 1.23 bits per heavy atom. The summed E-state index contributed by atoms with van der Waals surface area (Å²) in [7, 11) is 0. The third-order valence-corrected chi connectivity index (χ3v) is 7.04. The molecular weight excluding hydrogens is 438 g/mol. The third-order valence-electron chi connectivity index (χ3n) is 6.30. The molecule has 4 nitrogen and oxygen atoms in total. The van der Waals surface area contributed by atoms with E-state index in [0.29, 0.717) is 22.3 Å². The average Bonchev–Trinajstić information content (AvgIpc) is 2.72. The summed E-state index contributed by atoms with van der Waals surface area (Å²) in [5, 5.41) is 4.03. The summed E-state index contributed by atoms with van der Waals surface area (Å²) in [5.74, 6) is 0.0952. The maximum absolute atomic E-state index is 13.9. The molecule has 1 fully saturated rings. The molecule has 2 aromatic carbocycles. The molecule has 1 spiro atoms. The number of hydrogen-bond acceptors (Lipinski definition) is 4. The van der Waals surface area contributed by atoms with Gasteiger partial charge in [-0.2, -0.15) is 0 Å². The highest BCUT2D eigenvalue weighted by Crippen LogP contribution is 2.45. The van der Waals surface area contributed by atoms with Gasteiger partial charge in [0, 0.05) is 43.1 Å². The summed E-state index contributed by atoms with van der Waals surface area (Å²) in [6.45, 7) is 7.89. The van der Waals surface area contributed by atoms with E-state index in [2.05, 4.69) is 16.8 Å². The molecule has 2 aliphatic heterocycles. The Labute approximate surface area is 192 Å². The lowest BCUT2D eigenvalue weighted by Crippen LogP contribution is -2.46. The van der Waals surface area contributed by atoms with Gasteiger partial charge in [-0.3, -0.25) is 4.79 Å². The van der Waals surface area contributed by atoms with Crippen LogP contribution in [-0.4, -0.2) is 30.3 Å². The molecule has 2 aromatic rings. The highest BCUT2D eigenvalue weighted by atomic mass is 35.5. The van der Waals surface area contributed by atoms with Gasteiger partial charge in [-0.25, -0.2) is 4.39 Å². The number of halogens is 3.